The molecule has 82 valence electrons. The molecular formula is C12H15FO2. The molecule has 0 spiro atoms. The molecule has 0 unspecified atom stereocenters. The molecule has 2 rings (SSSR count). The van der Waals surface area contributed by atoms with Gasteiger partial charge in [0.25, 0.3) is 0 Å². The summed E-state index contributed by atoms with van der Waals surface area (Å²) in [5, 5.41) is 9.59. The van der Waals surface area contributed by atoms with Gasteiger partial charge in [0.05, 0.1) is 12.2 Å². The summed E-state index contributed by atoms with van der Waals surface area (Å²) in [6, 6.07) is 2.71. The van der Waals surface area contributed by atoms with Crippen LogP contribution in [0.1, 0.15) is 37.5 Å². The summed E-state index contributed by atoms with van der Waals surface area (Å²) < 4.78 is 19.2. The monoisotopic (exact) mass is 210 g/mol. The van der Waals surface area contributed by atoms with E-state index in [1.165, 1.54) is 12.1 Å². The zero-order chi connectivity index (χ0) is 11.0. The van der Waals surface area contributed by atoms with Crippen LogP contribution >= 0.6 is 0 Å². The maximum Gasteiger partial charge on any atom is 0.129 e. The number of ether oxygens (including phenoxy) is 1. The van der Waals surface area contributed by atoms with E-state index in [-0.39, 0.29) is 23.8 Å². The first-order valence-electron chi connectivity index (χ1n) is 5.25. The fraction of sp³-hybridized carbons (Fsp3) is 0.500. The van der Waals surface area contributed by atoms with E-state index in [4.69, 9.17) is 4.74 Å². The Labute approximate surface area is 88.7 Å². The smallest absolute Gasteiger partial charge is 0.129 e. The summed E-state index contributed by atoms with van der Waals surface area (Å²) in [5.41, 5.74) is 1.25. The Balaban J connectivity index is 2.37. The lowest BCUT2D eigenvalue weighted by Gasteiger charge is -2.16. The van der Waals surface area contributed by atoms with Crippen LogP contribution in [-0.4, -0.2) is 11.2 Å². The third kappa shape index (κ3) is 1.84. The largest absolute Gasteiger partial charge is 0.508 e. The molecule has 0 aliphatic heterocycles. The van der Waals surface area contributed by atoms with Crippen LogP contribution in [0, 0.1) is 5.82 Å². The molecule has 1 N–H and O–H groups in total. The van der Waals surface area contributed by atoms with Crippen molar-refractivity contribution in [1.82, 2.24) is 0 Å². The normalized spacial score (nSPS) is 19.6. The van der Waals surface area contributed by atoms with Crippen molar-refractivity contribution in [2.45, 2.75) is 38.9 Å². The van der Waals surface area contributed by atoms with E-state index in [2.05, 4.69) is 0 Å². The van der Waals surface area contributed by atoms with Crippen LogP contribution in [0.15, 0.2) is 12.1 Å². The molecular weight excluding hydrogens is 195 g/mol. The third-order valence-corrected chi connectivity index (χ3v) is 2.69. The fourth-order valence-electron chi connectivity index (χ4n) is 2.12. The van der Waals surface area contributed by atoms with Gasteiger partial charge in [-0.3, -0.25) is 0 Å². The Bertz CT molecular complexity index is 374. The van der Waals surface area contributed by atoms with Crippen LogP contribution < -0.4 is 0 Å². The minimum atomic E-state index is -0.272. The van der Waals surface area contributed by atoms with Gasteiger partial charge in [-0.2, -0.15) is 0 Å². The van der Waals surface area contributed by atoms with E-state index in [1.54, 1.807) is 0 Å². The number of benzene rings is 1. The summed E-state index contributed by atoms with van der Waals surface area (Å²) in [4.78, 5) is 0. The molecule has 1 aliphatic rings. The van der Waals surface area contributed by atoms with E-state index < -0.39 is 0 Å². The lowest BCUT2D eigenvalue weighted by atomic mass is 10.1. The van der Waals surface area contributed by atoms with E-state index in [9.17, 15) is 9.50 Å². The van der Waals surface area contributed by atoms with Gasteiger partial charge in [-0.15, -0.1) is 0 Å². The van der Waals surface area contributed by atoms with Crippen molar-refractivity contribution in [2.75, 3.05) is 0 Å². The SMILES string of the molecule is CC(C)O[C@@H]1CCc2c(O)ccc(F)c21. The van der Waals surface area contributed by atoms with Gasteiger partial charge in [0.1, 0.15) is 11.6 Å². The highest BCUT2D eigenvalue weighted by Gasteiger charge is 2.29. The van der Waals surface area contributed by atoms with Gasteiger partial charge in [0.15, 0.2) is 0 Å². The zero-order valence-electron chi connectivity index (χ0n) is 8.96. The van der Waals surface area contributed by atoms with E-state index >= 15 is 0 Å². The average molecular weight is 210 g/mol. The number of hydrogen-bond acceptors (Lipinski definition) is 2. The molecule has 0 fully saturated rings. The van der Waals surface area contributed by atoms with E-state index in [0.29, 0.717) is 17.5 Å². The summed E-state index contributed by atoms with van der Waals surface area (Å²) in [6.45, 7) is 3.86. The number of aromatic hydroxyl groups is 1. The highest BCUT2D eigenvalue weighted by Crippen LogP contribution is 2.40. The molecule has 3 heteroatoms. The molecule has 0 aromatic heterocycles. The quantitative estimate of drug-likeness (QED) is 0.813. The molecule has 0 heterocycles. The van der Waals surface area contributed by atoms with Crippen molar-refractivity contribution in [1.29, 1.82) is 0 Å². The van der Waals surface area contributed by atoms with E-state index in [1.807, 2.05) is 13.8 Å². The van der Waals surface area contributed by atoms with Gasteiger partial charge in [-0.05, 0) is 38.8 Å². The fourth-order valence-corrected chi connectivity index (χ4v) is 2.12. The van der Waals surface area contributed by atoms with Crippen LogP contribution in [-0.2, 0) is 11.2 Å². The Hall–Kier alpha value is -1.09. The molecule has 1 aliphatic carbocycles. The lowest BCUT2D eigenvalue weighted by Crippen LogP contribution is -2.09. The third-order valence-electron chi connectivity index (χ3n) is 2.69. The average Bonchev–Trinajstić information content (AvgIpc) is 2.56. The van der Waals surface area contributed by atoms with Gasteiger partial charge in [-0.1, -0.05) is 0 Å². The summed E-state index contributed by atoms with van der Waals surface area (Å²) >= 11 is 0. The molecule has 1 aromatic rings. The number of halogens is 1. The van der Waals surface area contributed by atoms with Crippen LogP contribution in [0.3, 0.4) is 0 Å². The molecule has 0 bridgehead atoms. The Morgan fingerprint density at radius 1 is 1.47 bits per heavy atom. The van der Waals surface area contributed by atoms with Crippen molar-refractivity contribution in [3.05, 3.63) is 29.1 Å². The first kappa shape index (κ1) is 10.4. The van der Waals surface area contributed by atoms with Gasteiger partial charge in [0.2, 0.25) is 0 Å². The summed E-state index contributed by atoms with van der Waals surface area (Å²) in [6.07, 6.45) is 1.31. The highest BCUT2D eigenvalue weighted by molar-refractivity contribution is 5.44. The number of fused-ring (bicyclic) bond motifs is 1. The molecule has 0 amide bonds. The van der Waals surface area contributed by atoms with Crippen LogP contribution in [0.4, 0.5) is 4.39 Å². The number of hydrogen-bond donors (Lipinski definition) is 1. The molecule has 1 atom stereocenters. The number of phenolic OH excluding ortho intramolecular Hbond substituents is 1. The van der Waals surface area contributed by atoms with E-state index in [0.717, 1.165) is 6.42 Å². The maximum absolute atomic E-state index is 13.6. The molecule has 0 saturated heterocycles. The summed E-state index contributed by atoms with van der Waals surface area (Å²) in [7, 11) is 0. The molecule has 0 saturated carbocycles. The summed E-state index contributed by atoms with van der Waals surface area (Å²) in [5.74, 6) is -0.0905. The lowest BCUT2D eigenvalue weighted by molar-refractivity contribution is 0.00619. The molecule has 2 nitrogen and oxygen atoms in total. The highest BCUT2D eigenvalue weighted by atomic mass is 19.1. The van der Waals surface area contributed by atoms with Gasteiger partial charge in [-0.25, -0.2) is 4.39 Å². The Morgan fingerprint density at radius 3 is 2.87 bits per heavy atom. The minimum Gasteiger partial charge on any atom is -0.508 e. The Kier molecular flexibility index (Phi) is 2.65. The number of phenols is 1. The standard InChI is InChI=1S/C12H15FO2/c1-7(2)15-11-6-3-8-10(14)5-4-9(13)12(8)11/h4-5,7,11,14H,3,6H2,1-2H3/t11-/m1/s1. The van der Waals surface area contributed by atoms with Crippen molar-refractivity contribution in [3.8, 4) is 5.75 Å². The maximum atomic E-state index is 13.6. The molecule has 0 radical (unpaired) electrons. The van der Waals surface area contributed by atoms with Gasteiger partial charge < -0.3 is 9.84 Å². The zero-order valence-corrected chi connectivity index (χ0v) is 8.96. The second-order valence-corrected chi connectivity index (χ2v) is 4.17. The number of rotatable bonds is 2. The second-order valence-electron chi connectivity index (χ2n) is 4.17. The first-order valence-corrected chi connectivity index (χ1v) is 5.25. The first-order chi connectivity index (χ1) is 7.09. The minimum absolute atomic E-state index is 0.0719. The molecule has 15 heavy (non-hydrogen) atoms. The van der Waals surface area contributed by atoms with Crippen molar-refractivity contribution in [2.24, 2.45) is 0 Å². The Morgan fingerprint density at radius 2 is 2.20 bits per heavy atom. The second kappa shape index (κ2) is 3.81. The van der Waals surface area contributed by atoms with Gasteiger partial charge in [0, 0.05) is 11.1 Å². The topological polar surface area (TPSA) is 29.5 Å². The predicted octanol–water partition coefficient (Wildman–Crippen LogP) is 2.94. The van der Waals surface area contributed by atoms with Gasteiger partial charge >= 0.3 is 0 Å². The predicted molar refractivity (Wildman–Crippen MR) is 55.3 cm³/mol. The van der Waals surface area contributed by atoms with Crippen molar-refractivity contribution in [3.63, 3.8) is 0 Å². The van der Waals surface area contributed by atoms with Crippen molar-refractivity contribution < 1.29 is 14.2 Å². The van der Waals surface area contributed by atoms with Crippen LogP contribution in [0.2, 0.25) is 0 Å². The molecule has 1 aromatic carbocycles. The van der Waals surface area contributed by atoms with Crippen molar-refractivity contribution >= 4 is 0 Å². The van der Waals surface area contributed by atoms with Crippen LogP contribution in [0.5, 0.6) is 5.75 Å². The van der Waals surface area contributed by atoms with Crippen LogP contribution in [0.25, 0.3) is 0 Å².